The minimum atomic E-state index is 0.220. The number of methoxy groups -OCH3 is 1. The lowest BCUT2D eigenvalue weighted by atomic mass is 10.3. The fourth-order valence-corrected chi connectivity index (χ4v) is 0.848. The van der Waals surface area contributed by atoms with Crippen molar-refractivity contribution in [1.29, 1.82) is 0 Å². The zero-order chi connectivity index (χ0) is 11.7. The van der Waals surface area contributed by atoms with E-state index >= 15 is 0 Å². The Bertz CT molecular complexity index is 287. The predicted octanol–water partition coefficient (Wildman–Crippen LogP) is 1.97. The molecule has 1 aromatic rings. The van der Waals surface area contributed by atoms with Gasteiger partial charge in [0.1, 0.15) is 5.75 Å². The lowest BCUT2D eigenvalue weighted by Gasteiger charge is -2.10. The van der Waals surface area contributed by atoms with Crippen LogP contribution in [0.3, 0.4) is 0 Å². The van der Waals surface area contributed by atoms with Crippen LogP contribution in [0.25, 0.3) is 0 Å². The molecule has 0 radical (unpaired) electrons. The summed E-state index contributed by atoms with van der Waals surface area (Å²) in [6.07, 6.45) is 1.99. The number of hydrogen-bond acceptors (Lipinski definition) is 4. The van der Waals surface area contributed by atoms with Crippen molar-refractivity contribution >= 4 is 6.47 Å². The van der Waals surface area contributed by atoms with Crippen molar-refractivity contribution in [2.24, 2.45) is 0 Å². The van der Waals surface area contributed by atoms with Crippen LogP contribution in [0.5, 0.6) is 5.75 Å². The van der Waals surface area contributed by atoms with E-state index in [0.717, 1.165) is 11.4 Å². The smallest absolute Gasteiger partial charge is 0.292 e. The van der Waals surface area contributed by atoms with Crippen LogP contribution in [0, 0.1) is 6.92 Å². The van der Waals surface area contributed by atoms with Crippen LogP contribution in [0.4, 0.5) is 0 Å². The maximum absolute atomic E-state index is 8.95. The molecular formula is C11H17NO3. The van der Waals surface area contributed by atoms with Gasteiger partial charge in [0.2, 0.25) is 0 Å². The zero-order valence-corrected chi connectivity index (χ0v) is 9.56. The number of aryl methyl sites for hydroxylation is 1. The van der Waals surface area contributed by atoms with Gasteiger partial charge in [0.25, 0.3) is 6.47 Å². The van der Waals surface area contributed by atoms with Gasteiger partial charge < -0.3 is 9.47 Å². The number of nitrogens with zero attached hydrogens (tertiary/aromatic N) is 1. The topological polar surface area (TPSA) is 48.4 Å². The maximum Gasteiger partial charge on any atom is 0.292 e. The molecule has 0 N–H and O–H groups in total. The molecule has 0 saturated carbocycles. The Morgan fingerprint density at radius 3 is 2.47 bits per heavy atom. The van der Waals surface area contributed by atoms with Crippen molar-refractivity contribution in [2.45, 2.75) is 26.9 Å². The molecular weight excluding hydrogens is 194 g/mol. The fourth-order valence-electron chi connectivity index (χ4n) is 0.848. The molecule has 15 heavy (non-hydrogen) atoms. The Kier molecular flexibility index (Phi) is 6.97. The zero-order valence-electron chi connectivity index (χ0n) is 9.56. The summed E-state index contributed by atoms with van der Waals surface area (Å²) in [6.45, 7) is 6.33. The SMILES string of the molecule is COC=O.Cc1ncccc1OC(C)C. The second kappa shape index (κ2) is 7.79. The van der Waals surface area contributed by atoms with Gasteiger partial charge >= 0.3 is 0 Å². The number of hydrogen-bond donors (Lipinski definition) is 0. The van der Waals surface area contributed by atoms with Crippen LogP contribution in [0.1, 0.15) is 19.5 Å². The van der Waals surface area contributed by atoms with Crippen LogP contribution in [0.2, 0.25) is 0 Å². The molecule has 0 bridgehead atoms. The second-order valence-electron chi connectivity index (χ2n) is 3.09. The Balaban J connectivity index is 0.000000423. The molecule has 0 amide bonds. The van der Waals surface area contributed by atoms with Gasteiger partial charge in [-0.25, -0.2) is 0 Å². The quantitative estimate of drug-likeness (QED) is 0.717. The first-order chi connectivity index (χ1) is 7.11. The van der Waals surface area contributed by atoms with E-state index in [-0.39, 0.29) is 6.10 Å². The minimum Gasteiger partial charge on any atom is -0.489 e. The van der Waals surface area contributed by atoms with Crippen LogP contribution in [-0.2, 0) is 9.53 Å². The first-order valence-corrected chi connectivity index (χ1v) is 4.66. The van der Waals surface area contributed by atoms with Gasteiger partial charge in [0.05, 0.1) is 18.9 Å². The fraction of sp³-hybridized carbons (Fsp3) is 0.455. The highest BCUT2D eigenvalue weighted by molar-refractivity contribution is 5.36. The Hall–Kier alpha value is -1.58. The number of aromatic nitrogens is 1. The number of pyridine rings is 1. The summed E-state index contributed by atoms with van der Waals surface area (Å²) in [5.74, 6) is 0.877. The van der Waals surface area contributed by atoms with E-state index in [4.69, 9.17) is 9.53 Å². The molecule has 0 spiro atoms. The number of carbonyl (C=O) groups excluding carboxylic acids is 1. The first-order valence-electron chi connectivity index (χ1n) is 4.66. The van der Waals surface area contributed by atoms with Gasteiger partial charge in [0, 0.05) is 6.20 Å². The van der Waals surface area contributed by atoms with Gasteiger partial charge in [-0.05, 0) is 32.9 Å². The van der Waals surface area contributed by atoms with Crippen molar-refractivity contribution in [3.05, 3.63) is 24.0 Å². The van der Waals surface area contributed by atoms with E-state index in [1.807, 2.05) is 32.9 Å². The molecule has 0 unspecified atom stereocenters. The van der Waals surface area contributed by atoms with Crippen LogP contribution in [-0.4, -0.2) is 24.7 Å². The maximum atomic E-state index is 8.95. The van der Waals surface area contributed by atoms with Crippen LogP contribution >= 0.6 is 0 Å². The largest absolute Gasteiger partial charge is 0.489 e. The van der Waals surface area contributed by atoms with Crippen LogP contribution in [0.15, 0.2) is 18.3 Å². The standard InChI is InChI=1S/C9H13NO.C2H4O2/c1-7(2)11-9-5-4-6-10-8(9)3;1-4-2-3/h4-7H,1-3H3;2H,1H3. The van der Waals surface area contributed by atoms with E-state index < -0.39 is 0 Å². The van der Waals surface area contributed by atoms with Gasteiger partial charge in [0.15, 0.2) is 0 Å². The summed E-state index contributed by atoms with van der Waals surface area (Å²) in [5.41, 5.74) is 0.946. The summed E-state index contributed by atoms with van der Waals surface area (Å²) in [5, 5.41) is 0. The predicted molar refractivity (Wildman–Crippen MR) is 57.8 cm³/mol. The average molecular weight is 211 g/mol. The first kappa shape index (κ1) is 13.4. The monoisotopic (exact) mass is 211 g/mol. The molecule has 0 saturated heterocycles. The third-order valence-corrected chi connectivity index (χ3v) is 1.42. The Morgan fingerprint density at radius 2 is 2.07 bits per heavy atom. The molecule has 1 rings (SSSR count). The highest BCUT2D eigenvalue weighted by Crippen LogP contribution is 2.14. The molecule has 0 aliphatic rings. The number of ether oxygens (including phenoxy) is 2. The van der Waals surface area contributed by atoms with E-state index in [1.54, 1.807) is 6.20 Å². The third kappa shape index (κ3) is 6.49. The summed E-state index contributed by atoms with van der Waals surface area (Å²) in [7, 11) is 1.31. The summed E-state index contributed by atoms with van der Waals surface area (Å²) < 4.78 is 9.34. The molecule has 1 heterocycles. The van der Waals surface area contributed by atoms with Crippen molar-refractivity contribution in [3.63, 3.8) is 0 Å². The van der Waals surface area contributed by atoms with Crippen molar-refractivity contribution in [2.75, 3.05) is 7.11 Å². The van der Waals surface area contributed by atoms with Gasteiger partial charge in [-0.1, -0.05) is 0 Å². The van der Waals surface area contributed by atoms with E-state index in [9.17, 15) is 0 Å². The van der Waals surface area contributed by atoms with E-state index in [1.165, 1.54) is 7.11 Å². The molecule has 0 aliphatic carbocycles. The molecule has 0 fully saturated rings. The van der Waals surface area contributed by atoms with Crippen molar-refractivity contribution < 1.29 is 14.3 Å². The highest BCUT2D eigenvalue weighted by atomic mass is 16.5. The summed E-state index contributed by atoms with van der Waals surface area (Å²) >= 11 is 0. The van der Waals surface area contributed by atoms with Crippen molar-refractivity contribution in [3.8, 4) is 5.75 Å². The van der Waals surface area contributed by atoms with Gasteiger partial charge in [-0.2, -0.15) is 0 Å². The summed E-state index contributed by atoms with van der Waals surface area (Å²) in [4.78, 5) is 13.1. The third-order valence-electron chi connectivity index (χ3n) is 1.42. The molecule has 4 nitrogen and oxygen atoms in total. The number of carbonyl (C=O) groups is 1. The lowest BCUT2D eigenvalue weighted by Crippen LogP contribution is -2.06. The normalized spacial score (nSPS) is 8.87. The van der Waals surface area contributed by atoms with Gasteiger partial charge in [-0.3, -0.25) is 9.78 Å². The molecule has 0 aromatic carbocycles. The molecule has 4 heteroatoms. The molecule has 84 valence electrons. The average Bonchev–Trinajstić information content (AvgIpc) is 2.21. The number of rotatable bonds is 3. The molecule has 1 aromatic heterocycles. The summed E-state index contributed by atoms with van der Waals surface area (Å²) in [6, 6.07) is 3.81. The van der Waals surface area contributed by atoms with E-state index in [2.05, 4.69) is 9.72 Å². The minimum absolute atomic E-state index is 0.220. The van der Waals surface area contributed by atoms with Gasteiger partial charge in [-0.15, -0.1) is 0 Å². The van der Waals surface area contributed by atoms with Crippen LogP contribution < -0.4 is 4.74 Å². The van der Waals surface area contributed by atoms with Crippen molar-refractivity contribution in [1.82, 2.24) is 4.98 Å². The molecule has 0 aliphatic heterocycles. The second-order valence-corrected chi connectivity index (χ2v) is 3.09. The molecule has 0 atom stereocenters. The van der Waals surface area contributed by atoms with E-state index in [0.29, 0.717) is 6.47 Å². The highest BCUT2D eigenvalue weighted by Gasteiger charge is 1.99. The Labute approximate surface area is 90.2 Å². The lowest BCUT2D eigenvalue weighted by molar-refractivity contribution is -0.126. The Morgan fingerprint density at radius 1 is 1.47 bits per heavy atom.